The van der Waals surface area contributed by atoms with E-state index in [1.165, 1.54) is 21.8 Å². The number of para-hydroxylation sites is 1. The SMILES string of the molecule is CCc1cccc(NC(=O)Cn2cnc3c(cnn3-c3ccccc3Cl)c2=O)c1. The third kappa shape index (κ3) is 3.77. The van der Waals surface area contributed by atoms with Gasteiger partial charge in [0, 0.05) is 5.69 Å². The van der Waals surface area contributed by atoms with E-state index in [2.05, 4.69) is 15.4 Å². The second-order valence-corrected chi connectivity index (χ2v) is 6.93. The standard InChI is InChI=1S/C21H18ClN5O2/c1-2-14-6-5-7-15(10-14)25-19(28)12-26-13-23-20-16(21(26)29)11-24-27(20)18-9-4-3-8-17(18)22/h3-11,13H,2,12H2,1H3,(H,25,28). The Morgan fingerprint density at radius 3 is 2.79 bits per heavy atom. The van der Waals surface area contributed by atoms with Crippen LogP contribution in [0, 0.1) is 0 Å². The number of nitrogens with zero attached hydrogens (tertiary/aromatic N) is 4. The van der Waals surface area contributed by atoms with E-state index in [1.54, 1.807) is 12.1 Å². The second-order valence-electron chi connectivity index (χ2n) is 6.52. The molecule has 4 rings (SSSR count). The van der Waals surface area contributed by atoms with Gasteiger partial charge in [0.05, 0.1) is 16.9 Å². The molecule has 0 spiro atoms. The van der Waals surface area contributed by atoms with Gasteiger partial charge in [-0.05, 0) is 36.2 Å². The van der Waals surface area contributed by atoms with Crippen LogP contribution in [0.2, 0.25) is 5.02 Å². The second kappa shape index (κ2) is 7.89. The van der Waals surface area contributed by atoms with Crippen molar-refractivity contribution < 1.29 is 4.79 Å². The molecule has 2 aromatic carbocycles. The van der Waals surface area contributed by atoms with Crippen LogP contribution in [-0.2, 0) is 17.8 Å². The molecule has 29 heavy (non-hydrogen) atoms. The molecule has 0 saturated carbocycles. The van der Waals surface area contributed by atoms with Crippen LogP contribution in [0.5, 0.6) is 0 Å². The van der Waals surface area contributed by atoms with Crippen molar-refractivity contribution in [3.05, 3.63) is 82.0 Å². The summed E-state index contributed by atoms with van der Waals surface area (Å²) in [6.45, 7) is 1.90. The van der Waals surface area contributed by atoms with Crippen LogP contribution in [0.1, 0.15) is 12.5 Å². The first-order chi connectivity index (χ1) is 14.1. The molecule has 0 aliphatic heterocycles. The van der Waals surface area contributed by atoms with E-state index in [1.807, 2.05) is 43.3 Å². The fourth-order valence-electron chi connectivity index (χ4n) is 3.09. The zero-order valence-electron chi connectivity index (χ0n) is 15.7. The average molecular weight is 408 g/mol. The molecule has 7 nitrogen and oxygen atoms in total. The number of fused-ring (bicyclic) bond motifs is 1. The van der Waals surface area contributed by atoms with Crippen molar-refractivity contribution in [1.29, 1.82) is 0 Å². The Labute approximate surface area is 171 Å². The predicted molar refractivity (Wildman–Crippen MR) is 113 cm³/mol. The van der Waals surface area contributed by atoms with E-state index in [9.17, 15) is 9.59 Å². The minimum atomic E-state index is -0.342. The fourth-order valence-corrected chi connectivity index (χ4v) is 3.30. The van der Waals surface area contributed by atoms with E-state index < -0.39 is 0 Å². The van der Waals surface area contributed by atoms with Gasteiger partial charge in [-0.15, -0.1) is 0 Å². The zero-order chi connectivity index (χ0) is 20.4. The summed E-state index contributed by atoms with van der Waals surface area (Å²) < 4.78 is 2.78. The van der Waals surface area contributed by atoms with Crippen molar-refractivity contribution >= 4 is 34.2 Å². The van der Waals surface area contributed by atoms with Gasteiger partial charge in [-0.2, -0.15) is 5.10 Å². The molecule has 8 heteroatoms. The number of rotatable bonds is 5. The number of aromatic nitrogens is 4. The normalized spacial score (nSPS) is 11.0. The average Bonchev–Trinajstić information content (AvgIpc) is 3.15. The molecular formula is C21H18ClN5O2. The molecule has 2 aromatic heterocycles. The number of nitrogens with one attached hydrogen (secondary N) is 1. The van der Waals surface area contributed by atoms with Crippen molar-refractivity contribution in [3.63, 3.8) is 0 Å². The molecule has 4 aromatic rings. The van der Waals surface area contributed by atoms with Crippen LogP contribution in [0.15, 0.2) is 65.8 Å². The fraction of sp³-hybridized carbons (Fsp3) is 0.143. The monoisotopic (exact) mass is 407 g/mol. The number of amides is 1. The summed E-state index contributed by atoms with van der Waals surface area (Å²) >= 11 is 6.23. The summed E-state index contributed by atoms with van der Waals surface area (Å²) in [7, 11) is 0. The van der Waals surface area contributed by atoms with Crippen LogP contribution in [0.25, 0.3) is 16.7 Å². The summed E-state index contributed by atoms with van der Waals surface area (Å²) in [5.74, 6) is -0.306. The van der Waals surface area contributed by atoms with Crippen molar-refractivity contribution in [3.8, 4) is 5.69 Å². The van der Waals surface area contributed by atoms with Crippen molar-refractivity contribution in [2.24, 2.45) is 0 Å². The Kier molecular flexibility index (Phi) is 5.14. The van der Waals surface area contributed by atoms with E-state index in [0.717, 1.165) is 12.0 Å². The largest absolute Gasteiger partial charge is 0.325 e. The third-order valence-corrected chi connectivity index (χ3v) is 4.89. The number of halogens is 1. The predicted octanol–water partition coefficient (Wildman–Crippen LogP) is 3.44. The molecule has 0 aliphatic carbocycles. The van der Waals surface area contributed by atoms with E-state index in [-0.39, 0.29) is 18.0 Å². The van der Waals surface area contributed by atoms with Gasteiger partial charge in [0.25, 0.3) is 5.56 Å². The van der Waals surface area contributed by atoms with Gasteiger partial charge in [-0.1, -0.05) is 42.8 Å². The molecule has 0 bridgehead atoms. The molecule has 0 saturated heterocycles. The Morgan fingerprint density at radius 2 is 2.00 bits per heavy atom. The minimum Gasteiger partial charge on any atom is -0.325 e. The van der Waals surface area contributed by atoms with E-state index in [4.69, 9.17) is 11.6 Å². The lowest BCUT2D eigenvalue weighted by atomic mass is 10.1. The summed E-state index contributed by atoms with van der Waals surface area (Å²) in [5, 5.41) is 7.87. The molecule has 0 aliphatic rings. The number of aryl methyl sites for hydroxylation is 1. The molecule has 0 radical (unpaired) electrons. The maximum absolute atomic E-state index is 12.8. The first-order valence-electron chi connectivity index (χ1n) is 9.13. The summed E-state index contributed by atoms with van der Waals surface area (Å²) in [6.07, 6.45) is 3.66. The molecule has 0 unspecified atom stereocenters. The van der Waals surface area contributed by atoms with Crippen molar-refractivity contribution in [1.82, 2.24) is 19.3 Å². The molecular weight excluding hydrogens is 390 g/mol. The molecule has 2 heterocycles. The van der Waals surface area contributed by atoms with Crippen LogP contribution < -0.4 is 10.9 Å². The Bertz CT molecular complexity index is 1260. The van der Waals surface area contributed by atoms with Crippen molar-refractivity contribution in [2.45, 2.75) is 19.9 Å². The van der Waals surface area contributed by atoms with Gasteiger partial charge in [0.2, 0.25) is 5.91 Å². The highest BCUT2D eigenvalue weighted by atomic mass is 35.5. The van der Waals surface area contributed by atoms with Gasteiger partial charge in [0.1, 0.15) is 18.3 Å². The lowest BCUT2D eigenvalue weighted by molar-refractivity contribution is -0.116. The topological polar surface area (TPSA) is 81.8 Å². The molecule has 146 valence electrons. The number of carbonyl (C=O) groups is 1. The quantitative estimate of drug-likeness (QED) is 0.549. The third-order valence-electron chi connectivity index (χ3n) is 4.57. The molecule has 1 N–H and O–H groups in total. The highest BCUT2D eigenvalue weighted by molar-refractivity contribution is 6.32. The highest BCUT2D eigenvalue weighted by Gasteiger charge is 2.14. The summed E-state index contributed by atoms with van der Waals surface area (Å²) in [6, 6.07) is 14.8. The lowest BCUT2D eigenvalue weighted by Crippen LogP contribution is -2.27. The van der Waals surface area contributed by atoms with E-state index >= 15 is 0 Å². The van der Waals surface area contributed by atoms with Crippen LogP contribution in [0.4, 0.5) is 5.69 Å². The lowest BCUT2D eigenvalue weighted by Gasteiger charge is -2.09. The maximum atomic E-state index is 12.8. The van der Waals surface area contributed by atoms with Crippen LogP contribution in [-0.4, -0.2) is 25.2 Å². The number of hydrogen-bond acceptors (Lipinski definition) is 4. The zero-order valence-corrected chi connectivity index (χ0v) is 16.4. The van der Waals surface area contributed by atoms with Gasteiger partial charge in [0.15, 0.2) is 5.65 Å². The highest BCUT2D eigenvalue weighted by Crippen LogP contribution is 2.21. The van der Waals surface area contributed by atoms with E-state index in [0.29, 0.717) is 27.4 Å². The van der Waals surface area contributed by atoms with Gasteiger partial charge in [-0.3, -0.25) is 14.2 Å². The maximum Gasteiger partial charge on any atom is 0.264 e. The number of anilines is 1. The molecule has 0 atom stereocenters. The molecule has 1 amide bonds. The minimum absolute atomic E-state index is 0.143. The van der Waals surface area contributed by atoms with Gasteiger partial charge < -0.3 is 5.32 Å². The summed E-state index contributed by atoms with van der Waals surface area (Å²) in [4.78, 5) is 29.5. The Hall–Kier alpha value is -3.45. The molecule has 0 fully saturated rings. The van der Waals surface area contributed by atoms with Gasteiger partial charge in [-0.25, -0.2) is 9.67 Å². The number of hydrogen-bond donors (Lipinski definition) is 1. The number of carbonyl (C=O) groups excluding carboxylic acids is 1. The van der Waals surface area contributed by atoms with Crippen LogP contribution in [0.3, 0.4) is 0 Å². The smallest absolute Gasteiger partial charge is 0.264 e. The van der Waals surface area contributed by atoms with Crippen LogP contribution >= 0.6 is 11.6 Å². The first-order valence-corrected chi connectivity index (χ1v) is 9.51. The Balaban J connectivity index is 1.61. The number of benzene rings is 2. The van der Waals surface area contributed by atoms with Gasteiger partial charge >= 0.3 is 0 Å². The summed E-state index contributed by atoms with van der Waals surface area (Å²) in [5.41, 5.74) is 2.49. The first kappa shape index (κ1) is 18.9. The Morgan fingerprint density at radius 1 is 1.17 bits per heavy atom. The van der Waals surface area contributed by atoms with Crippen molar-refractivity contribution in [2.75, 3.05) is 5.32 Å².